The molecule has 0 spiro atoms. The minimum absolute atomic E-state index is 0.0578. The highest BCUT2D eigenvalue weighted by atomic mass is 16.6. The first-order valence-electron chi connectivity index (χ1n) is 9.32. The molecule has 1 amide bonds. The molecule has 136 valence electrons. The summed E-state index contributed by atoms with van der Waals surface area (Å²) in [5.74, 6) is 0.137. The molecule has 4 nitrogen and oxygen atoms in total. The number of ketones is 1. The normalized spacial score (nSPS) is 20.6. The minimum Gasteiger partial charge on any atom is -0.445 e. The highest BCUT2D eigenvalue weighted by Gasteiger charge is 2.31. The zero-order chi connectivity index (χ0) is 18.1. The second-order valence-electron chi connectivity index (χ2n) is 6.72. The largest absolute Gasteiger partial charge is 0.445 e. The fourth-order valence-electron chi connectivity index (χ4n) is 3.18. The molecule has 1 aromatic carbocycles. The lowest BCUT2D eigenvalue weighted by atomic mass is 9.96. The summed E-state index contributed by atoms with van der Waals surface area (Å²) in [4.78, 5) is 26.3. The van der Waals surface area contributed by atoms with E-state index >= 15 is 0 Å². The van der Waals surface area contributed by atoms with Gasteiger partial charge in [0.2, 0.25) is 0 Å². The van der Waals surface area contributed by atoms with E-state index < -0.39 is 0 Å². The van der Waals surface area contributed by atoms with Crippen molar-refractivity contribution in [2.75, 3.05) is 0 Å². The van der Waals surface area contributed by atoms with E-state index in [0.29, 0.717) is 6.42 Å². The number of carbonyl (C=O) groups excluding carboxylic acids is 2. The van der Waals surface area contributed by atoms with Gasteiger partial charge in [-0.2, -0.15) is 0 Å². The van der Waals surface area contributed by atoms with Gasteiger partial charge in [0.15, 0.2) is 5.78 Å². The van der Waals surface area contributed by atoms with Gasteiger partial charge < -0.3 is 4.74 Å². The van der Waals surface area contributed by atoms with Crippen LogP contribution >= 0.6 is 0 Å². The van der Waals surface area contributed by atoms with E-state index in [2.05, 4.69) is 6.92 Å². The van der Waals surface area contributed by atoms with E-state index in [4.69, 9.17) is 4.74 Å². The van der Waals surface area contributed by atoms with Crippen molar-refractivity contribution in [3.63, 3.8) is 0 Å². The average molecular weight is 343 g/mol. The Morgan fingerprint density at radius 1 is 1.24 bits per heavy atom. The number of hydrogen-bond donors (Lipinski definition) is 0. The van der Waals surface area contributed by atoms with Crippen molar-refractivity contribution in [1.29, 1.82) is 0 Å². The van der Waals surface area contributed by atoms with Crippen LogP contribution in [0.4, 0.5) is 4.79 Å². The van der Waals surface area contributed by atoms with Crippen molar-refractivity contribution in [2.45, 2.75) is 71.1 Å². The van der Waals surface area contributed by atoms with E-state index in [9.17, 15) is 9.59 Å². The van der Waals surface area contributed by atoms with Crippen LogP contribution in [0.5, 0.6) is 0 Å². The zero-order valence-electron chi connectivity index (χ0n) is 15.3. The molecule has 0 N–H and O–H groups in total. The van der Waals surface area contributed by atoms with Gasteiger partial charge in [-0.05, 0) is 44.2 Å². The smallest absolute Gasteiger partial charge is 0.410 e. The summed E-state index contributed by atoms with van der Waals surface area (Å²) in [5.41, 5.74) is 0.974. The van der Waals surface area contributed by atoms with Gasteiger partial charge in [-0.3, -0.25) is 9.69 Å². The molecule has 4 heteroatoms. The van der Waals surface area contributed by atoms with E-state index in [-0.39, 0.29) is 30.6 Å². The lowest BCUT2D eigenvalue weighted by Crippen LogP contribution is -2.48. The summed E-state index contributed by atoms with van der Waals surface area (Å²) >= 11 is 0. The molecule has 0 bridgehead atoms. The van der Waals surface area contributed by atoms with Gasteiger partial charge in [0.05, 0.1) is 6.04 Å². The van der Waals surface area contributed by atoms with Crippen molar-refractivity contribution in [2.24, 2.45) is 0 Å². The van der Waals surface area contributed by atoms with Crippen LogP contribution in [-0.2, 0) is 16.1 Å². The van der Waals surface area contributed by atoms with Gasteiger partial charge in [-0.1, -0.05) is 49.8 Å². The Morgan fingerprint density at radius 3 is 2.72 bits per heavy atom. The molecule has 1 aromatic rings. The van der Waals surface area contributed by atoms with E-state index in [0.717, 1.165) is 37.7 Å². The number of allylic oxidation sites excluding steroid dienone is 1. The molecule has 1 aliphatic heterocycles. The number of amides is 1. The number of nitrogens with zero attached hydrogens (tertiary/aromatic N) is 1. The van der Waals surface area contributed by atoms with E-state index in [1.807, 2.05) is 43.3 Å². The number of hydrogen-bond acceptors (Lipinski definition) is 3. The number of unbranched alkanes of at least 4 members (excludes halogenated alkanes) is 1. The maximum Gasteiger partial charge on any atom is 0.410 e. The van der Waals surface area contributed by atoms with Crippen molar-refractivity contribution < 1.29 is 14.3 Å². The Kier molecular flexibility index (Phi) is 7.71. The summed E-state index contributed by atoms with van der Waals surface area (Å²) in [7, 11) is 0. The van der Waals surface area contributed by atoms with Gasteiger partial charge in [0, 0.05) is 12.5 Å². The second kappa shape index (κ2) is 10.0. The van der Waals surface area contributed by atoms with E-state index in [1.165, 1.54) is 0 Å². The number of benzene rings is 1. The Bertz CT molecular complexity index is 582. The van der Waals surface area contributed by atoms with Crippen LogP contribution < -0.4 is 0 Å². The highest BCUT2D eigenvalue weighted by Crippen LogP contribution is 2.25. The lowest BCUT2D eigenvalue weighted by molar-refractivity contribution is -0.114. The van der Waals surface area contributed by atoms with Gasteiger partial charge in [0.25, 0.3) is 0 Å². The van der Waals surface area contributed by atoms with Crippen molar-refractivity contribution in [3.8, 4) is 0 Å². The van der Waals surface area contributed by atoms with Crippen LogP contribution in [-0.4, -0.2) is 28.9 Å². The van der Waals surface area contributed by atoms with Gasteiger partial charge in [-0.25, -0.2) is 4.79 Å². The second-order valence-corrected chi connectivity index (χ2v) is 6.72. The Labute approximate surface area is 150 Å². The predicted molar refractivity (Wildman–Crippen MR) is 99.2 cm³/mol. The van der Waals surface area contributed by atoms with Crippen LogP contribution in [0.1, 0.15) is 57.9 Å². The first kappa shape index (κ1) is 19.2. The average Bonchev–Trinajstić information content (AvgIpc) is 2.63. The first-order valence-corrected chi connectivity index (χ1v) is 9.32. The molecule has 0 unspecified atom stereocenters. The molecule has 2 atom stereocenters. The van der Waals surface area contributed by atoms with Crippen LogP contribution in [0, 0.1) is 0 Å². The topological polar surface area (TPSA) is 46.6 Å². The highest BCUT2D eigenvalue weighted by molar-refractivity contribution is 5.89. The number of likely N-dealkylation sites (tertiary alicyclic amines) is 1. The number of piperidine rings is 1. The van der Waals surface area contributed by atoms with E-state index in [1.54, 1.807) is 11.0 Å². The lowest BCUT2D eigenvalue weighted by Gasteiger charge is -2.38. The summed E-state index contributed by atoms with van der Waals surface area (Å²) in [6.45, 7) is 4.39. The zero-order valence-corrected chi connectivity index (χ0v) is 15.3. The van der Waals surface area contributed by atoms with Crippen LogP contribution in [0.25, 0.3) is 0 Å². The third kappa shape index (κ3) is 6.04. The molecule has 0 radical (unpaired) electrons. The molecule has 2 rings (SSSR count). The van der Waals surface area contributed by atoms with Crippen molar-refractivity contribution in [1.82, 2.24) is 4.90 Å². The fraction of sp³-hybridized carbons (Fsp3) is 0.524. The van der Waals surface area contributed by atoms with Gasteiger partial charge in [0.1, 0.15) is 6.61 Å². The summed E-state index contributed by atoms with van der Waals surface area (Å²) in [6, 6.07) is 9.75. The molecule has 0 aliphatic carbocycles. The quantitative estimate of drug-likeness (QED) is 0.663. The third-order valence-electron chi connectivity index (χ3n) is 4.65. The van der Waals surface area contributed by atoms with Crippen LogP contribution in [0.15, 0.2) is 42.5 Å². The molecule has 0 saturated carbocycles. The summed E-state index contributed by atoms with van der Waals surface area (Å²) in [5, 5.41) is 0. The Hall–Kier alpha value is -2.10. The van der Waals surface area contributed by atoms with Crippen molar-refractivity contribution in [3.05, 3.63) is 48.0 Å². The third-order valence-corrected chi connectivity index (χ3v) is 4.65. The minimum atomic E-state index is -0.299. The molecular weight excluding hydrogens is 314 g/mol. The Balaban J connectivity index is 1.96. The van der Waals surface area contributed by atoms with Crippen LogP contribution in [0.3, 0.4) is 0 Å². The SMILES string of the molecule is CCCCC(=O)/C=C/[C@@H]1CCC[C@H](C)N1C(=O)OCc1ccccc1. The Morgan fingerprint density at radius 2 is 2.00 bits per heavy atom. The van der Waals surface area contributed by atoms with Gasteiger partial charge >= 0.3 is 6.09 Å². The number of ether oxygens (including phenoxy) is 1. The predicted octanol–water partition coefficient (Wildman–Crippen LogP) is 4.88. The molecule has 0 aromatic heterocycles. The molecule has 25 heavy (non-hydrogen) atoms. The van der Waals surface area contributed by atoms with Crippen LogP contribution in [0.2, 0.25) is 0 Å². The maximum absolute atomic E-state index is 12.6. The molecule has 1 fully saturated rings. The monoisotopic (exact) mass is 343 g/mol. The maximum atomic E-state index is 12.6. The number of carbonyl (C=O) groups is 2. The fourth-order valence-corrected chi connectivity index (χ4v) is 3.18. The van der Waals surface area contributed by atoms with Crippen molar-refractivity contribution >= 4 is 11.9 Å². The van der Waals surface area contributed by atoms with Gasteiger partial charge in [-0.15, -0.1) is 0 Å². The molecule has 1 heterocycles. The standard InChI is InChI=1S/C21H29NO3/c1-3-4-13-20(23)15-14-19-12-8-9-17(2)22(19)21(24)25-16-18-10-6-5-7-11-18/h5-7,10-11,14-15,17,19H,3-4,8-9,12-13,16H2,1-2H3/b15-14+/t17-,19-/m0/s1. The summed E-state index contributed by atoms with van der Waals surface area (Å²) < 4.78 is 5.51. The first-order chi connectivity index (χ1) is 12.1. The number of rotatable bonds is 7. The molecule has 1 saturated heterocycles. The molecular formula is C21H29NO3. The summed E-state index contributed by atoms with van der Waals surface area (Å²) in [6.07, 6.45) is 8.64. The molecule has 1 aliphatic rings.